The van der Waals surface area contributed by atoms with E-state index in [9.17, 15) is 8.42 Å². The van der Waals surface area contributed by atoms with Gasteiger partial charge in [-0.1, -0.05) is 12.2 Å². The molecule has 0 aliphatic carbocycles. The van der Waals surface area contributed by atoms with Crippen LogP contribution in [0, 0.1) is 0 Å². The van der Waals surface area contributed by atoms with E-state index < -0.39 is 16.1 Å². The van der Waals surface area contributed by atoms with E-state index in [1.54, 1.807) is 14.0 Å². The molecule has 0 aliphatic heterocycles. The molecular weight excluding hydrogens is 236 g/mol. The first kappa shape index (κ1) is 12.1. The molecular formula is C7H12N4O2S2. The van der Waals surface area contributed by atoms with E-state index in [0.29, 0.717) is 0 Å². The Morgan fingerprint density at radius 3 is 2.73 bits per heavy atom. The number of aromatic nitrogens is 2. The lowest BCUT2D eigenvalue weighted by molar-refractivity contribution is 0.578. The van der Waals surface area contributed by atoms with Gasteiger partial charge >= 0.3 is 0 Å². The van der Waals surface area contributed by atoms with Crippen LogP contribution in [0.3, 0.4) is 0 Å². The van der Waals surface area contributed by atoms with E-state index in [1.807, 2.05) is 0 Å². The van der Waals surface area contributed by atoms with Crippen molar-refractivity contribution < 1.29 is 8.42 Å². The molecule has 0 saturated heterocycles. The zero-order valence-electron chi connectivity index (χ0n) is 8.34. The average Bonchev–Trinajstić information content (AvgIpc) is 2.51. The van der Waals surface area contributed by atoms with Crippen molar-refractivity contribution in [3.63, 3.8) is 0 Å². The first-order chi connectivity index (χ1) is 6.83. The fourth-order valence-electron chi connectivity index (χ4n) is 0.896. The summed E-state index contributed by atoms with van der Waals surface area (Å²) in [6.45, 7) is 1.58. The second-order valence-electron chi connectivity index (χ2n) is 3.10. The summed E-state index contributed by atoms with van der Waals surface area (Å²) in [6.07, 6.45) is 2.66. The maximum absolute atomic E-state index is 11.7. The Hall–Kier alpha value is -0.990. The van der Waals surface area contributed by atoms with E-state index in [0.717, 1.165) is 0 Å². The maximum atomic E-state index is 11.7. The summed E-state index contributed by atoms with van der Waals surface area (Å²) in [5.41, 5.74) is 5.31. The van der Waals surface area contributed by atoms with Crippen LogP contribution < -0.4 is 10.5 Å². The number of aryl methyl sites for hydroxylation is 1. The first-order valence-corrected chi connectivity index (χ1v) is 6.02. The summed E-state index contributed by atoms with van der Waals surface area (Å²) in [7, 11) is -1.95. The van der Waals surface area contributed by atoms with Gasteiger partial charge in [-0.3, -0.25) is 4.68 Å². The number of thiocarbonyl (C=S) groups is 1. The van der Waals surface area contributed by atoms with Crippen LogP contribution in [-0.4, -0.2) is 29.2 Å². The van der Waals surface area contributed by atoms with Gasteiger partial charge in [-0.15, -0.1) is 0 Å². The first-order valence-electron chi connectivity index (χ1n) is 4.13. The van der Waals surface area contributed by atoms with Gasteiger partial charge in [0.15, 0.2) is 0 Å². The maximum Gasteiger partial charge on any atom is 0.244 e. The molecule has 1 heterocycles. The number of hydrogen-bond donors (Lipinski definition) is 2. The van der Waals surface area contributed by atoms with Crippen LogP contribution in [0.25, 0.3) is 0 Å². The van der Waals surface area contributed by atoms with Gasteiger partial charge in [-0.25, -0.2) is 13.1 Å². The van der Waals surface area contributed by atoms with Crippen LogP contribution >= 0.6 is 12.2 Å². The predicted molar refractivity (Wildman–Crippen MR) is 59.8 cm³/mol. The number of nitrogens with two attached hydrogens (primary N) is 1. The van der Waals surface area contributed by atoms with Crippen molar-refractivity contribution in [2.24, 2.45) is 12.8 Å². The van der Waals surface area contributed by atoms with Crippen LogP contribution in [0.5, 0.6) is 0 Å². The van der Waals surface area contributed by atoms with E-state index in [2.05, 4.69) is 22.0 Å². The minimum atomic E-state index is -3.58. The predicted octanol–water partition coefficient (Wildman–Crippen LogP) is -0.627. The lowest BCUT2D eigenvalue weighted by atomic mass is 10.4. The Labute approximate surface area is 93.5 Å². The van der Waals surface area contributed by atoms with Gasteiger partial charge in [0.1, 0.15) is 4.90 Å². The zero-order valence-corrected chi connectivity index (χ0v) is 9.97. The zero-order chi connectivity index (χ0) is 11.6. The Morgan fingerprint density at radius 2 is 2.33 bits per heavy atom. The van der Waals surface area contributed by atoms with E-state index in [-0.39, 0.29) is 9.88 Å². The fourth-order valence-corrected chi connectivity index (χ4v) is 2.24. The van der Waals surface area contributed by atoms with E-state index >= 15 is 0 Å². The van der Waals surface area contributed by atoms with Gasteiger partial charge in [0.25, 0.3) is 0 Å². The van der Waals surface area contributed by atoms with Crippen LogP contribution in [0.15, 0.2) is 17.3 Å². The van der Waals surface area contributed by atoms with Crippen molar-refractivity contribution in [2.45, 2.75) is 17.9 Å². The van der Waals surface area contributed by atoms with Gasteiger partial charge in [-0.2, -0.15) is 5.10 Å². The second-order valence-corrected chi connectivity index (χ2v) is 5.28. The molecule has 15 heavy (non-hydrogen) atoms. The highest BCUT2D eigenvalue weighted by molar-refractivity contribution is 7.89. The van der Waals surface area contributed by atoms with Crippen molar-refractivity contribution >= 4 is 27.2 Å². The molecule has 0 spiro atoms. The Kier molecular flexibility index (Phi) is 3.42. The summed E-state index contributed by atoms with van der Waals surface area (Å²) in [5.74, 6) is 0. The number of nitrogens with one attached hydrogen (secondary N) is 1. The molecule has 1 rings (SSSR count). The summed E-state index contributed by atoms with van der Waals surface area (Å²) >= 11 is 4.67. The monoisotopic (exact) mass is 248 g/mol. The molecule has 6 nitrogen and oxygen atoms in total. The summed E-state index contributed by atoms with van der Waals surface area (Å²) in [5, 5.41) is 3.77. The quantitative estimate of drug-likeness (QED) is 0.693. The molecule has 1 aromatic heterocycles. The molecule has 0 aliphatic rings. The Bertz CT molecular complexity index is 465. The van der Waals surface area contributed by atoms with Crippen LogP contribution in [0.2, 0.25) is 0 Å². The molecule has 0 aromatic carbocycles. The lowest BCUT2D eigenvalue weighted by Gasteiger charge is -2.10. The summed E-state index contributed by atoms with van der Waals surface area (Å²) in [6, 6.07) is -0.579. The smallest absolute Gasteiger partial charge is 0.244 e. The van der Waals surface area contributed by atoms with Crippen molar-refractivity contribution in [1.29, 1.82) is 0 Å². The number of rotatable bonds is 4. The Balaban J connectivity index is 2.90. The minimum Gasteiger partial charge on any atom is -0.392 e. The molecule has 0 radical (unpaired) electrons. The van der Waals surface area contributed by atoms with Crippen molar-refractivity contribution in [3.05, 3.63) is 12.4 Å². The van der Waals surface area contributed by atoms with Gasteiger partial charge in [0.2, 0.25) is 10.0 Å². The second kappa shape index (κ2) is 4.25. The Morgan fingerprint density at radius 1 is 1.73 bits per heavy atom. The molecule has 0 amide bonds. The van der Waals surface area contributed by atoms with Crippen molar-refractivity contribution in [2.75, 3.05) is 0 Å². The molecule has 1 aromatic rings. The minimum absolute atomic E-state index is 0.0908. The van der Waals surface area contributed by atoms with Crippen LogP contribution in [-0.2, 0) is 17.1 Å². The van der Waals surface area contributed by atoms with E-state index in [4.69, 9.17) is 5.73 Å². The normalized spacial score (nSPS) is 13.7. The van der Waals surface area contributed by atoms with Crippen LogP contribution in [0.1, 0.15) is 6.92 Å². The van der Waals surface area contributed by atoms with Gasteiger partial charge in [-0.05, 0) is 6.92 Å². The highest BCUT2D eigenvalue weighted by Crippen LogP contribution is 2.06. The van der Waals surface area contributed by atoms with Crippen molar-refractivity contribution in [1.82, 2.24) is 14.5 Å². The molecule has 0 fully saturated rings. The van der Waals surface area contributed by atoms with E-state index in [1.165, 1.54) is 17.1 Å². The third-order valence-corrected chi connectivity index (χ3v) is 3.60. The average molecular weight is 248 g/mol. The topological polar surface area (TPSA) is 90.0 Å². The molecule has 0 saturated carbocycles. The highest BCUT2D eigenvalue weighted by atomic mass is 32.2. The van der Waals surface area contributed by atoms with Gasteiger partial charge in [0, 0.05) is 13.2 Å². The third-order valence-electron chi connectivity index (χ3n) is 1.75. The number of hydrogen-bond acceptors (Lipinski definition) is 4. The largest absolute Gasteiger partial charge is 0.392 e. The molecule has 1 unspecified atom stereocenters. The lowest BCUT2D eigenvalue weighted by Crippen LogP contribution is -2.41. The SMILES string of the molecule is CC(NS(=O)(=O)c1cnn(C)c1)C(N)=S. The van der Waals surface area contributed by atoms with Crippen molar-refractivity contribution in [3.8, 4) is 0 Å². The molecule has 8 heteroatoms. The molecule has 1 atom stereocenters. The van der Waals surface area contributed by atoms with Gasteiger partial charge in [0.05, 0.1) is 17.2 Å². The van der Waals surface area contributed by atoms with Gasteiger partial charge < -0.3 is 5.73 Å². The summed E-state index contributed by atoms with van der Waals surface area (Å²) < 4.78 is 27.1. The standard InChI is InChI=1S/C7H12N4O2S2/c1-5(7(8)14)10-15(12,13)6-3-9-11(2)4-6/h3-5,10H,1-2H3,(H2,8,14). The molecule has 84 valence electrons. The number of sulfonamides is 1. The fraction of sp³-hybridized carbons (Fsp3) is 0.429. The highest BCUT2D eigenvalue weighted by Gasteiger charge is 2.19. The third kappa shape index (κ3) is 2.98. The van der Waals surface area contributed by atoms with Crippen LogP contribution in [0.4, 0.5) is 0 Å². The molecule has 0 bridgehead atoms. The molecule has 3 N–H and O–H groups in total. The number of nitrogens with zero attached hydrogens (tertiary/aromatic N) is 2. The summed E-state index contributed by atoms with van der Waals surface area (Å²) in [4.78, 5) is 0.190.